The molecule has 0 aliphatic carbocycles. The Bertz CT molecular complexity index is 378. The molecule has 1 heterocycles. The van der Waals surface area contributed by atoms with Crippen LogP contribution >= 0.6 is 0 Å². The van der Waals surface area contributed by atoms with Crippen LogP contribution in [-0.4, -0.2) is 12.5 Å². The Morgan fingerprint density at radius 1 is 1.36 bits per heavy atom. The summed E-state index contributed by atoms with van der Waals surface area (Å²) in [6, 6.07) is 8.24. The standard InChI is InChI=1S/C12H13NO/c1-8-3-5-10(6-4-8)11-7-13-12(14)9(11)2/h3-6,11H,2,7H2,1H3,(H,13,14). The zero-order valence-corrected chi connectivity index (χ0v) is 8.21. The van der Waals surface area contributed by atoms with Crippen LogP contribution < -0.4 is 5.32 Å². The molecule has 2 rings (SSSR count). The molecule has 72 valence electrons. The summed E-state index contributed by atoms with van der Waals surface area (Å²) in [6.07, 6.45) is 0. The first-order chi connectivity index (χ1) is 6.68. The minimum absolute atomic E-state index is 0.0180. The fourth-order valence-corrected chi connectivity index (χ4v) is 1.71. The maximum Gasteiger partial charge on any atom is 0.247 e. The van der Waals surface area contributed by atoms with E-state index in [1.165, 1.54) is 11.1 Å². The molecule has 1 aliphatic rings. The number of aryl methyl sites for hydroxylation is 1. The smallest absolute Gasteiger partial charge is 0.247 e. The van der Waals surface area contributed by atoms with Gasteiger partial charge in [0.2, 0.25) is 5.91 Å². The van der Waals surface area contributed by atoms with Gasteiger partial charge in [-0.3, -0.25) is 4.79 Å². The summed E-state index contributed by atoms with van der Waals surface area (Å²) in [5.74, 6) is 0.138. The lowest BCUT2D eigenvalue weighted by Crippen LogP contribution is -2.14. The zero-order valence-electron chi connectivity index (χ0n) is 8.21. The number of amides is 1. The molecule has 1 saturated heterocycles. The van der Waals surface area contributed by atoms with E-state index in [-0.39, 0.29) is 11.8 Å². The molecule has 1 aromatic carbocycles. The number of carbonyl (C=O) groups excluding carboxylic acids is 1. The lowest BCUT2D eigenvalue weighted by Gasteiger charge is -2.08. The lowest BCUT2D eigenvalue weighted by molar-refractivity contribution is -0.116. The van der Waals surface area contributed by atoms with Crippen LogP contribution in [0.4, 0.5) is 0 Å². The van der Waals surface area contributed by atoms with E-state index in [1.807, 2.05) is 0 Å². The summed E-state index contributed by atoms with van der Waals surface area (Å²) in [5, 5.41) is 2.79. The van der Waals surface area contributed by atoms with Gasteiger partial charge in [0.25, 0.3) is 0 Å². The minimum atomic E-state index is -0.0180. The number of nitrogens with one attached hydrogen (secondary N) is 1. The minimum Gasteiger partial charge on any atom is -0.351 e. The summed E-state index contributed by atoms with van der Waals surface area (Å²) in [5.41, 5.74) is 3.07. The van der Waals surface area contributed by atoms with Gasteiger partial charge >= 0.3 is 0 Å². The highest BCUT2D eigenvalue weighted by Crippen LogP contribution is 2.26. The molecular weight excluding hydrogens is 174 g/mol. The number of benzene rings is 1. The molecule has 1 atom stereocenters. The highest BCUT2D eigenvalue weighted by Gasteiger charge is 2.27. The third-order valence-electron chi connectivity index (χ3n) is 2.66. The molecule has 1 N–H and O–H groups in total. The predicted octanol–water partition coefficient (Wildman–Crippen LogP) is 1.76. The molecule has 0 bridgehead atoms. The Labute approximate surface area is 83.6 Å². The van der Waals surface area contributed by atoms with Gasteiger partial charge < -0.3 is 5.32 Å². The molecule has 1 amide bonds. The normalized spacial score (nSPS) is 21.1. The third-order valence-corrected chi connectivity index (χ3v) is 2.66. The van der Waals surface area contributed by atoms with E-state index < -0.39 is 0 Å². The van der Waals surface area contributed by atoms with Crippen LogP contribution in [0.25, 0.3) is 0 Å². The van der Waals surface area contributed by atoms with Crippen molar-refractivity contribution in [2.24, 2.45) is 0 Å². The van der Waals surface area contributed by atoms with E-state index in [2.05, 4.69) is 43.1 Å². The Morgan fingerprint density at radius 2 is 2.00 bits per heavy atom. The summed E-state index contributed by atoms with van der Waals surface area (Å²) in [4.78, 5) is 11.2. The highest BCUT2D eigenvalue weighted by atomic mass is 16.2. The molecule has 1 unspecified atom stereocenters. The number of rotatable bonds is 1. The van der Waals surface area contributed by atoms with E-state index >= 15 is 0 Å². The molecule has 1 fully saturated rings. The topological polar surface area (TPSA) is 29.1 Å². The van der Waals surface area contributed by atoms with Crippen LogP contribution in [-0.2, 0) is 4.79 Å². The van der Waals surface area contributed by atoms with Gasteiger partial charge in [0.05, 0.1) is 0 Å². The number of hydrogen-bond donors (Lipinski definition) is 1. The summed E-state index contributed by atoms with van der Waals surface area (Å²) < 4.78 is 0. The first kappa shape index (κ1) is 9.00. The van der Waals surface area contributed by atoms with E-state index in [4.69, 9.17) is 0 Å². The maximum atomic E-state index is 11.2. The summed E-state index contributed by atoms with van der Waals surface area (Å²) >= 11 is 0. The van der Waals surface area contributed by atoms with Gasteiger partial charge in [-0.1, -0.05) is 36.4 Å². The largest absolute Gasteiger partial charge is 0.351 e. The van der Waals surface area contributed by atoms with E-state index in [1.54, 1.807) is 0 Å². The van der Waals surface area contributed by atoms with E-state index in [0.29, 0.717) is 12.1 Å². The van der Waals surface area contributed by atoms with Crippen molar-refractivity contribution in [1.82, 2.24) is 5.32 Å². The van der Waals surface area contributed by atoms with Crippen molar-refractivity contribution in [3.63, 3.8) is 0 Å². The molecule has 14 heavy (non-hydrogen) atoms. The Balaban J connectivity index is 2.28. The van der Waals surface area contributed by atoms with Crippen molar-refractivity contribution in [2.75, 3.05) is 6.54 Å². The van der Waals surface area contributed by atoms with E-state index in [0.717, 1.165) is 0 Å². The van der Waals surface area contributed by atoms with Gasteiger partial charge in [0, 0.05) is 18.0 Å². The van der Waals surface area contributed by atoms with Gasteiger partial charge in [0.1, 0.15) is 0 Å². The lowest BCUT2D eigenvalue weighted by atomic mass is 9.94. The molecule has 0 aromatic heterocycles. The predicted molar refractivity (Wildman–Crippen MR) is 56.1 cm³/mol. The monoisotopic (exact) mass is 187 g/mol. The second kappa shape index (κ2) is 3.29. The summed E-state index contributed by atoms with van der Waals surface area (Å²) in [6.45, 7) is 6.54. The van der Waals surface area contributed by atoms with Crippen LogP contribution in [0.5, 0.6) is 0 Å². The van der Waals surface area contributed by atoms with Crippen molar-refractivity contribution in [3.8, 4) is 0 Å². The van der Waals surface area contributed by atoms with E-state index in [9.17, 15) is 4.79 Å². The Morgan fingerprint density at radius 3 is 2.50 bits per heavy atom. The second-order valence-electron chi connectivity index (χ2n) is 3.70. The van der Waals surface area contributed by atoms with Gasteiger partial charge in [-0.05, 0) is 12.5 Å². The van der Waals surface area contributed by atoms with Gasteiger partial charge in [0.15, 0.2) is 0 Å². The molecule has 0 saturated carbocycles. The quantitative estimate of drug-likeness (QED) is 0.667. The van der Waals surface area contributed by atoms with Crippen LogP contribution in [0.15, 0.2) is 36.4 Å². The fourth-order valence-electron chi connectivity index (χ4n) is 1.71. The fraction of sp³-hybridized carbons (Fsp3) is 0.250. The van der Waals surface area contributed by atoms with Gasteiger partial charge in [-0.2, -0.15) is 0 Å². The Hall–Kier alpha value is -1.57. The summed E-state index contributed by atoms with van der Waals surface area (Å²) in [7, 11) is 0. The van der Waals surface area contributed by atoms with Gasteiger partial charge in [-0.25, -0.2) is 0 Å². The average molecular weight is 187 g/mol. The average Bonchev–Trinajstić information content (AvgIpc) is 2.50. The molecule has 2 nitrogen and oxygen atoms in total. The van der Waals surface area contributed by atoms with Crippen molar-refractivity contribution in [3.05, 3.63) is 47.5 Å². The van der Waals surface area contributed by atoms with Crippen molar-refractivity contribution in [1.29, 1.82) is 0 Å². The number of hydrogen-bond acceptors (Lipinski definition) is 1. The Kier molecular flexibility index (Phi) is 2.12. The first-order valence-corrected chi connectivity index (χ1v) is 4.72. The molecular formula is C12H13NO. The second-order valence-corrected chi connectivity index (χ2v) is 3.70. The van der Waals surface area contributed by atoms with Crippen LogP contribution in [0, 0.1) is 6.92 Å². The highest BCUT2D eigenvalue weighted by molar-refractivity contribution is 5.97. The van der Waals surface area contributed by atoms with Crippen LogP contribution in [0.3, 0.4) is 0 Å². The molecule has 2 heteroatoms. The van der Waals surface area contributed by atoms with Crippen molar-refractivity contribution >= 4 is 5.91 Å². The third kappa shape index (κ3) is 1.43. The van der Waals surface area contributed by atoms with Gasteiger partial charge in [-0.15, -0.1) is 0 Å². The SMILES string of the molecule is C=C1C(=O)NCC1c1ccc(C)cc1. The molecule has 1 aliphatic heterocycles. The molecule has 1 aromatic rings. The van der Waals surface area contributed by atoms with Crippen LogP contribution in [0.2, 0.25) is 0 Å². The van der Waals surface area contributed by atoms with Crippen molar-refractivity contribution in [2.45, 2.75) is 12.8 Å². The molecule has 0 spiro atoms. The van der Waals surface area contributed by atoms with Crippen LogP contribution in [0.1, 0.15) is 17.0 Å². The maximum absolute atomic E-state index is 11.2. The zero-order chi connectivity index (χ0) is 10.1. The first-order valence-electron chi connectivity index (χ1n) is 4.72. The number of carbonyl (C=O) groups is 1. The molecule has 0 radical (unpaired) electrons. The van der Waals surface area contributed by atoms with Crippen molar-refractivity contribution < 1.29 is 4.79 Å².